The number of likely N-dealkylation sites (tertiary alicyclic amines) is 1. The van der Waals surface area contributed by atoms with Crippen LogP contribution in [0.5, 0.6) is 0 Å². The van der Waals surface area contributed by atoms with Gasteiger partial charge in [-0.2, -0.15) is 0 Å². The second-order valence-corrected chi connectivity index (χ2v) is 4.62. The lowest BCUT2D eigenvalue weighted by Crippen LogP contribution is -2.29. The molecule has 0 radical (unpaired) electrons. The Kier molecular flexibility index (Phi) is 3.44. The van der Waals surface area contributed by atoms with Gasteiger partial charge in [-0.3, -0.25) is 4.79 Å². The van der Waals surface area contributed by atoms with Crippen molar-refractivity contribution in [3.8, 4) is 0 Å². The minimum Gasteiger partial charge on any atom is -0.480 e. The lowest BCUT2D eigenvalue weighted by molar-refractivity contribution is -0.138. The van der Waals surface area contributed by atoms with Crippen LogP contribution in [0.1, 0.15) is 36.3 Å². The van der Waals surface area contributed by atoms with E-state index in [1.165, 1.54) is 0 Å². The fourth-order valence-electron chi connectivity index (χ4n) is 2.15. The van der Waals surface area contributed by atoms with Crippen LogP contribution in [0, 0.1) is 0 Å². The summed E-state index contributed by atoms with van der Waals surface area (Å²) >= 11 is 0. The minimum absolute atomic E-state index is 0.339. The first kappa shape index (κ1) is 12.1. The van der Waals surface area contributed by atoms with Gasteiger partial charge in [0.1, 0.15) is 5.82 Å². The van der Waals surface area contributed by atoms with Crippen LogP contribution < -0.4 is 5.73 Å². The van der Waals surface area contributed by atoms with E-state index in [1.807, 2.05) is 0 Å². The number of carboxylic acids is 1. The van der Waals surface area contributed by atoms with E-state index in [-0.39, 0.29) is 0 Å². The van der Waals surface area contributed by atoms with E-state index in [1.54, 1.807) is 6.20 Å². The summed E-state index contributed by atoms with van der Waals surface area (Å²) in [5.41, 5.74) is 6.51. The Hall–Kier alpha value is -1.40. The minimum atomic E-state index is -1.06. The Morgan fingerprint density at radius 3 is 2.88 bits per heavy atom. The van der Waals surface area contributed by atoms with Crippen LogP contribution in [0.25, 0.3) is 0 Å². The summed E-state index contributed by atoms with van der Waals surface area (Å²) in [5, 5.41) is 8.80. The Bertz CT molecular complexity index is 396. The van der Waals surface area contributed by atoms with Crippen LogP contribution in [-0.4, -0.2) is 46.1 Å². The molecule has 4 N–H and O–H groups in total. The van der Waals surface area contributed by atoms with E-state index in [4.69, 9.17) is 10.8 Å². The first-order valence-corrected chi connectivity index (χ1v) is 5.79. The third-order valence-electron chi connectivity index (χ3n) is 3.33. The van der Waals surface area contributed by atoms with Crippen molar-refractivity contribution in [1.82, 2.24) is 14.9 Å². The molecule has 2 heterocycles. The SMILES string of the molecule is CN1CCC(c2cnc(C(N)C(=O)O)[nH]2)CC1. The second-order valence-electron chi connectivity index (χ2n) is 4.62. The summed E-state index contributed by atoms with van der Waals surface area (Å²) in [6, 6.07) is -1.06. The molecule has 1 atom stereocenters. The molecule has 1 aliphatic heterocycles. The molecular formula is C11H18N4O2. The maximum atomic E-state index is 10.7. The number of carbonyl (C=O) groups is 1. The van der Waals surface area contributed by atoms with Gasteiger partial charge in [0, 0.05) is 17.8 Å². The van der Waals surface area contributed by atoms with Gasteiger partial charge in [-0.25, -0.2) is 4.98 Å². The molecule has 6 nitrogen and oxygen atoms in total. The molecule has 1 saturated heterocycles. The van der Waals surface area contributed by atoms with E-state index >= 15 is 0 Å². The fourth-order valence-corrected chi connectivity index (χ4v) is 2.15. The number of imidazole rings is 1. The number of hydrogen-bond acceptors (Lipinski definition) is 4. The number of aromatic nitrogens is 2. The van der Waals surface area contributed by atoms with Gasteiger partial charge in [0.05, 0.1) is 0 Å². The molecule has 0 saturated carbocycles. The van der Waals surface area contributed by atoms with Crippen LogP contribution in [0.3, 0.4) is 0 Å². The molecule has 0 amide bonds. The molecule has 94 valence electrons. The van der Waals surface area contributed by atoms with Gasteiger partial charge >= 0.3 is 5.97 Å². The number of piperidine rings is 1. The van der Waals surface area contributed by atoms with Crippen molar-refractivity contribution in [2.24, 2.45) is 5.73 Å². The van der Waals surface area contributed by atoms with Crippen LogP contribution in [0.2, 0.25) is 0 Å². The van der Waals surface area contributed by atoms with Gasteiger partial charge in [-0.15, -0.1) is 0 Å². The van der Waals surface area contributed by atoms with E-state index in [0.717, 1.165) is 31.6 Å². The molecule has 1 fully saturated rings. The summed E-state index contributed by atoms with van der Waals surface area (Å²) in [7, 11) is 2.11. The monoisotopic (exact) mass is 238 g/mol. The molecule has 0 spiro atoms. The number of H-pyrrole nitrogens is 1. The average molecular weight is 238 g/mol. The first-order chi connectivity index (χ1) is 8.08. The van der Waals surface area contributed by atoms with E-state index in [2.05, 4.69) is 21.9 Å². The Labute approximate surface area is 99.8 Å². The number of hydrogen-bond donors (Lipinski definition) is 3. The average Bonchev–Trinajstić information content (AvgIpc) is 2.78. The predicted octanol–water partition coefficient (Wildman–Crippen LogP) is 0.303. The molecule has 1 aromatic heterocycles. The topological polar surface area (TPSA) is 95.2 Å². The number of carboxylic acid groups (broad SMARTS) is 1. The van der Waals surface area contributed by atoms with Crippen LogP contribution in [0.15, 0.2) is 6.20 Å². The highest BCUT2D eigenvalue weighted by Crippen LogP contribution is 2.26. The predicted molar refractivity (Wildman–Crippen MR) is 62.6 cm³/mol. The van der Waals surface area contributed by atoms with Gasteiger partial charge < -0.3 is 20.7 Å². The molecule has 1 aliphatic rings. The normalized spacial score (nSPS) is 20.4. The zero-order valence-electron chi connectivity index (χ0n) is 9.89. The smallest absolute Gasteiger partial charge is 0.328 e. The highest BCUT2D eigenvalue weighted by molar-refractivity contribution is 5.73. The fraction of sp³-hybridized carbons (Fsp3) is 0.636. The zero-order valence-corrected chi connectivity index (χ0v) is 9.89. The van der Waals surface area contributed by atoms with Gasteiger partial charge in [0.2, 0.25) is 0 Å². The molecule has 6 heteroatoms. The van der Waals surface area contributed by atoms with E-state index < -0.39 is 12.0 Å². The molecule has 0 aliphatic carbocycles. The molecular weight excluding hydrogens is 220 g/mol. The van der Waals surface area contributed by atoms with E-state index in [9.17, 15) is 4.79 Å². The van der Waals surface area contributed by atoms with Crippen molar-refractivity contribution in [2.45, 2.75) is 24.8 Å². The van der Waals surface area contributed by atoms with Crippen molar-refractivity contribution in [1.29, 1.82) is 0 Å². The molecule has 1 unspecified atom stereocenters. The Balaban J connectivity index is 2.05. The third-order valence-corrected chi connectivity index (χ3v) is 3.33. The summed E-state index contributed by atoms with van der Waals surface area (Å²) in [4.78, 5) is 20.1. The lowest BCUT2D eigenvalue weighted by Gasteiger charge is -2.28. The standard InChI is InChI=1S/C11H18N4O2/c1-15-4-2-7(3-5-15)8-6-13-10(14-8)9(12)11(16)17/h6-7,9H,2-5,12H2,1H3,(H,13,14)(H,16,17). The second kappa shape index (κ2) is 4.85. The molecule has 0 bridgehead atoms. The maximum Gasteiger partial charge on any atom is 0.328 e. The number of nitrogens with two attached hydrogens (primary N) is 1. The molecule has 0 aromatic carbocycles. The van der Waals surface area contributed by atoms with Gasteiger partial charge in [-0.05, 0) is 33.0 Å². The number of aliphatic carboxylic acids is 1. The van der Waals surface area contributed by atoms with Crippen molar-refractivity contribution < 1.29 is 9.90 Å². The first-order valence-electron chi connectivity index (χ1n) is 5.79. The van der Waals surface area contributed by atoms with Gasteiger partial charge in [0.15, 0.2) is 6.04 Å². The number of aromatic amines is 1. The van der Waals surface area contributed by atoms with Crippen molar-refractivity contribution in [3.63, 3.8) is 0 Å². The summed E-state index contributed by atoms with van der Waals surface area (Å²) in [5.74, 6) is -0.283. The Morgan fingerprint density at radius 2 is 2.29 bits per heavy atom. The lowest BCUT2D eigenvalue weighted by atomic mass is 9.94. The molecule has 2 rings (SSSR count). The molecule has 17 heavy (non-hydrogen) atoms. The number of nitrogens with one attached hydrogen (secondary N) is 1. The number of nitrogens with zero attached hydrogens (tertiary/aromatic N) is 2. The summed E-state index contributed by atoms with van der Waals surface area (Å²) in [6.07, 6.45) is 3.86. The van der Waals surface area contributed by atoms with Crippen molar-refractivity contribution in [3.05, 3.63) is 17.7 Å². The zero-order chi connectivity index (χ0) is 12.4. The van der Waals surface area contributed by atoms with Crippen LogP contribution >= 0.6 is 0 Å². The van der Waals surface area contributed by atoms with Gasteiger partial charge in [-0.1, -0.05) is 0 Å². The van der Waals surface area contributed by atoms with Crippen LogP contribution in [0.4, 0.5) is 0 Å². The van der Waals surface area contributed by atoms with Gasteiger partial charge in [0.25, 0.3) is 0 Å². The largest absolute Gasteiger partial charge is 0.480 e. The number of rotatable bonds is 3. The van der Waals surface area contributed by atoms with Crippen molar-refractivity contribution >= 4 is 5.97 Å². The molecule has 1 aromatic rings. The summed E-state index contributed by atoms with van der Waals surface area (Å²) in [6.45, 7) is 2.12. The highest BCUT2D eigenvalue weighted by Gasteiger charge is 2.23. The maximum absolute atomic E-state index is 10.7. The summed E-state index contributed by atoms with van der Waals surface area (Å²) < 4.78 is 0. The Morgan fingerprint density at radius 1 is 1.65 bits per heavy atom. The van der Waals surface area contributed by atoms with Crippen LogP contribution in [-0.2, 0) is 4.79 Å². The third kappa shape index (κ3) is 2.65. The quantitative estimate of drug-likeness (QED) is 0.704. The van der Waals surface area contributed by atoms with E-state index in [0.29, 0.717) is 11.7 Å². The van der Waals surface area contributed by atoms with Crippen molar-refractivity contribution in [2.75, 3.05) is 20.1 Å². The highest BCUT2D eigenvalue weighted by atomic mass is 16.4.